The van der Waals surface area contributed by atoms with Crippen LogP contribution in [-0.2, 0) is 6.42 Å². The van der Waals surface area contributed by atoms with E-state index in [2.05, 4.69) is 56.8 Å². The summed E-state index contributed by atoms with van der Waals surface area (Å²) in [7, 11) is 0. The van der Waals surface area contributed by atoms with E-state index in [0.717, 1.165) is 23.5 Å². The molecule has 2 nitrogen and oxygen atoms in total. The molecule has 3 rings (SSSR count). The Hall–Kier alpha value is -1.04. The lowest BCUT2D eigenvalue weighted by Crippen LogP contribution is -1.91. The quantitative estimate of drug-likeness (QED) is 0.542. The fraction of sp³-hybridized carbons (Fsp3) is 0.0625. The molecule has 0 amide bonds. The zero-order valence-electron chi connectivity index (χ0n) is 10.9. The number of imidazole rings is 1. The second-order valence-corrected chi connectivity index (χ2v) is 6.75. The molecule has 1 aromatic heterocycles. The maximum atomic E-state index is 6.21. The lowest BCUT2D eigenvalue weighted by Gasteiger charge is -2.01. The number of benzene rings is 2. The number of hydrogen-bond donors (Lipinski definition) is 1. The summed E-state index contributed by atoms with van der Waals surface area (Å²) in [5, 5.41) is 1.23. The van der Waals surface area contributed by atoms with Crippen molar-refractivity contribution in [3.63, 3.8) is 0 Å². The average molecular weight is 429 g/mol. The fourth-order valence-electron chi connectivity index (χ4n) is 2.08. The van der Waals surface area contributed by atoms with Gasteiger partial charge in [0.25, 0.3) is 0 Å². The first-order valence-corrected chi connectivity index (χ1v) is 8.19. The van der Waals surface area contributed by atoms with Crippen LogP contribution in [-0.4, -0.2) is 9.97 Å². The van der Waals surface area contributed by atoms with Crippen molar-refractivity contribution in [3.8, 4) is 11.3 Å². The molecule has 0 spiro atoms. The predicted octanol–water partition coefficient (Wildman–Crippen LogP) is 5.58. The van der Waals surface area contributed by atoms with E-state index in [1.54, 1.807) is 6.07 Å². The number of halogens is 3. The summed E-state index contributed by atoms with van der Waals surface area (Å²) in [4.78, 5) is 7.81. The molecule has 3 aromatic rings. The van der Waals surface area contributed by atoms with Gasteiger partial charge in [-0.2, -0.15) is 0 Å². The molecule has 0 saturated heterocycles. The van der Waals surface area contributed by atoms with Gasteiger partial charge in [-0.25, -0.2) is 4.98 Å². The van der Waals surface area contributed by atoms with Gasteiger partial charge in [0.1, 0.15) is 5.82 Å². The number of nitrogens with one attached hydrogen (secondary N) is 1. The molecule has 0 aliphatic rings. The van der Waals surface area contributed by atoms with E-state index in [1.165, 1.54) is 9.13 Å². The van der Waals surface area contributed by atoms with E-state index in [1.807, 2.05) is 18.3 Å². The van der Waals surface area contributed by atoms with Gasteiger partial charge in [0.15, 0.2) is 0 Å². The van der Waals surface area contributed by atoms with Crippen molar-refractivity contribution < 1.29 is 0 Å². The van der Waals surface area contributed by atoms with Crippen LogP contribution in [0, 0.1) is 3.57 Å². The third-order valence-corrected chi connectivity index (χ3v) is 4.39. The molecule has 0 saturated carbocycles. The fourth-order valence-corrected chi connectivity index (χ4v) is 2.95. The highest BCUT2D eigenvalue weighted by molar-refractivity contribution is 14.1. The van der Waals surface area contributed by atoms with Crippen LogP contribution in [0.1, 0.15) is 11.4 Å². The summed E-state index contributed by atoms with van der Waals surface area (Å²) in [5.74, 6) is 0.914. The molecule has 0 fully saturated rings. The van der Waals surface area contributed by atoms with Crippen LogP contribution in [0.4, 0.5) is 0 Å². The van der Waals surface area contributed by atoms with Gasteiger partial charge < -0.3 is 4.98 Å². The van der Waals surface area contributed by atoms with E-state index in [9.17, 15) is 0 Å². The number of rotatable bonds is 3. The van der Waals surface area contributed by atoms with E-state index in [0.29, 0.717) is 10.0 Å². The smallest absolute Gasteiger partial charge is 0.111 e. The summed E-state index contributed by atoms with van der Waals surface area (Å²) >= 11 is 14.4. The lowest BCUT2D eigenvalue weighted by atomic mass is 10.1. The molecule has 0 unspecified atom stereocenters. The molecule has 106 valence electrons. The minimum absolute atomic E-state index is 0.606. The van der Waals surface area contributed by atoms with Crippen molar-refractivity contribution >= 4 is 45.8 Å². The van der Waals surface area contributed by atoms with Crippen molar-refractivity contribution in [2.45, 2.75) is 6.42 Å². The first kappa shape index (κ1) is 14.9. The Balaban J connectivity index is 1.84. The van der Waals surface area contributed by atoms with Gasteiger partial charge in [0.2, 0.25) is 0 Å². The van der Waals surface area contributed by atoms with Crippen LogP contribution in [0.2, 0.25) is 10.0 Å². The van der Waals surface area contributed by atoms with Crippen molar-refractivity contribution in [3.05, 3.63) is 73.7 Å². The van der Waals surface area contributed by atoms with E-state index in [4.69, 9.17) is 23.2 Å². The molecule has 0 aliphatic carbocycles. The standard InChI is InChI=1S/C16H11Cl2IN2/c17-11-3-6-13(14(18)8-11)15-9-20-16(21-15)7-10-1-4-12(19)5-2-10/h1-6,8-9H,7H2,(H,20,21). The first-order valence-electron chi connectivity index (χ1n) is 6.36. The van der Waals surface area contributed by atoms with Gasteiger partial charge in [-0.1, -0.05) is 35.3 Å². The van der Waals surface area contributed by atoms with Crippen LogP contribution in [0.25, 0.3) is 11.3 Å². The van der Waals surface area contributed by atoms with Crippen LogP contribution >= 0.6 is 45.8 Å². The number of H-pyrrole nitrogens is 1. The predicted molar refractivity (Wildman–Crippen MR) is 96.0 cm³/mol. The Labute approximate surface area is 146 Å². The molecule has 0 radical (unpaired) electrons. The van der Waals surface area contributed by atoms with E-state index in [-0.39, 0.29) is 0 Å². The normalized spacial score (nSPS) is 10.8. The Morgan fingerprint density at radius 3 is 2.52 bits per heavy atom. The second-order valence-electron chi connectivity index (χ2n) is 4.66. The molecule has 2 aromatic carbocycles. The zero-order chi connectivity index (χ0) is 14.8. The Morgan fingerprint density at radius 1 is 1.05 bits per heavy atom. The summed E-state index contributed by atoms with van der Waals surface area (Å²) in [6.45, 7) is 0. The zero-order valence-corrected chi connectivity index (χ0v) is 14.6. The molecule has 0 aliphatic heterocycles. The van der Waals surface area contributed by atoms with Crippen LogP contribution in [0.5, 0.6) is 0 Å². The van der Waals surface area contributed by atoms with Crippen LogP contribution in [0.3, 0.4) is 0 Å². The van der Waals surface area contributed by atoms with Crippen molar-refractivity contribution in [2.75, 3.05) is 0 Å². The van der Waals surface area contributed by atoms with E-state index >= 15 is 0 Å². The molecule has 1 N–H and O–H groups in total. The van der Waals surface area contributed by atoms with Crippen molar-refractivity contribution in [1.82, 2.24) is 9.97 Å². The lowest BCUT2D eigenvalue weighted by molar-refractivity contribution is 1.03. The SMILES string of the molecule is Clc1ccc(-c2c[nH]c(Cc3ccc(I)cc3)n2)c(Cl)c1. The summed E-state index contributed by atoms with van der Waals surface area (Å²) in [6, 6.07) is 13.8. The minimum Gasteiger partial charge on any atom is -0.348 e. The van der Waals surface area contributed by atoms with Crippen molar-refractivity contribution in [1.29, 1.82) is 0 Å². The van der Waals surface area contributed by atoms with E-state index < -0.39 is 0 Å². The van der Waals surface area contributed by atoms with Gasteiger partial charge in [0, 0.05) is 26.8 Å². The monoisotopic (exact) mass is 428 g/mol. The molecule has 21 heavy (non-hydrogen) atoms. The number of aromatic amines is 1. The third-order valence-electron chi connectivity index (χ3n) is 3.12. The molecule has 1 heterocycles. The van der Waals surface area contributed by atoms with Gasteiger partial charge in [-0.15, -0.1) is 0 Å². The van der Waals surface area contributed by atoms with Crippen molar-refractivity contribution in [2.24, 2.45) is 0 Å². The molecule has 0 bridgehead atoms. The topological polar surface area (TPSA) is 28.7 Å². The summed E-state index contributed by atoms with van der Waals surface area (Å²) in [6.07, 6.45) is 2.64. The Morgan fingerprint density at radius 2 is 1.81 bits per heavy atom. The largest absolute Gasteiger partial charge is 0.348 e. The third kappa shape index (κ3) is 3.59. The molecule has 0 atom stereocenters. The number of nitrogens with zero attached hydrogens (tertiary/aromatic N) is 1. The first-order chi connectivity index (χ1) is 10.1. The van der Waals surface area contributed by atoms with Crippen LogP contribution < -0.4 is 0 Å². The average Bonchev–Trinajstić information content (AvgIpc) is 2.90. The molecular formula is C16H11Cl2IN2. The van der Waals surface area contributed by atoms with Gasteiger partial charge >= 0.3 is 0 Å². The highest BCUT2D eigenvalue weighted by Gasteiger charge is 2.09. The maximum absolute atomic E-state index is 6.21. The Kier molecular flexibility index (Phi) is 4.52. The van der Waals surface area contributed by atoms with Crippen LogP contribution in [0.15, 0.2) is 48.7 Å². The van der Waals surface area contributed by atoms with Gasteiger partial charge in [-0.05, 0) is 58.5 Å². The number of hydrogen-bond acceptors (Lipinski definition) is 1. The highest BCUT2D eigenvalue weighted by atomic mass is 127. The summed E-state index contributed by atoms with van der Waals surface area (Å²) < 4.78 is 1.23. The number of aromatic nitrogens is 2. The molecular weight excluding hydrogens is 418 g/mol. The Bertz CT molecular complexity index is 766. The maximum Gasteiger partial charge on any atom is 0.111 e. The van der Waals surface area contributed by atoms with Gasteiger partial charge in [-0.3, -0.25) is 0 Å². The van der Waals surface area contributed by atoms with Gasteiger partial charge in [0.05, 0.1) is 10.7 Å². The molecule has 5 heteroatoms. The highest BCUT2D eigenvalue weighted by Crippen LogP contribution is 2.29. The minimum atomic E-state index is 0.606. The summed E-state index contributed by atoms with van der Waals surface area (Å²) in [5.41, 5.74) is 2.93. The second kappa shape index (κ2) is 6.38.